The normalized spacial score (nSPS) is 13.4. The van der Waals surface area contributed by atoms with E-state index in [0.29, 0.717) is 11.8 Å². The Morgan fingerprint density at radius 3 is 1.62 bits per heavy atom. The number of para-hydroxylation sites is 4. The van der Waals surface area contributed by atoms with Crippen molar-refractivity contribution in [2.75, 3.05) is 9.80 Å². The third kappa shape index (κ3) is 3.64. The van der Waals surface area contributed by atoms with E-state index in [2.05, 4.69) is 153 Å². The van der Waals surface area contributed by atoms with Gasteiger partial charge in [-0.1, -0.05) is 100 Å². The van der Waals surface area contributed by atoms with E-state index in [1.807, 2.05) is 0 Å². The zero-order valence-corrected chi connectivity index (χ0v) is 23.1. The SMILES string of the molecule is CC(C)c1cc2c3c(c1)N(c1ccccc1C(C)C)c1ccccc1B3c1ccccc1N2c1ccccc1. The monoisotopic (exact) mass is 504 g/mol. The Balaban J connectivity index is 1.62. The molecule has 2 aliphatic heterocycles. The van der Waals surface area contributed by atoms with Gasteiger partial charge in [-0.05, 0) is 81.8 Å². The standard InChI is InChI=1S/C36H33BN2/c1-24(2)26-22-34-36-35(23-26)39(31-19-11-8-16-28(31)25(3)4)33-21-13-10-18-30(33)37(36)29-17-9-12-20-32(29)38(34)27-14-6-5-7-15-27/h5-25H,1-4H3. The molecule has 0 spiro atoms. The molecular formula is C36H33BN2. The molecule has 39 heavy (non-hydrogen) atoms. The molecule has 5 aromatic rings. The lowest BCUT2D eigenvalue weighted by atomic mass is 9.33. The Bertz CT molecular complexity index is 1690. The molecule has 190 valence electrons. The minimum atomic E-state index is 0.172. The van der Waals surface area contributed by atoms with Crippen LogP contribution in [0.15, 0.2) is 115 Å². The lowest BCUT2D eigenvalue weighted by Crippen LogP contribution is -2.61. The van der Waals surface area contributed by atoms with Crippen LogP contribution in [0.2, 0.25) is 0 Å². The largest absolute Gasteiger partial charge is 0.311 e. The maximum absolute atomic E-state index is 2.54. The number of anilines is 6. The third-order valence-electron chi connectivity index (χ3n) is 8.39. The van der Waals surface area contributed by atoms with Crippen LogP contribution in [0.5, 0.6) is 0 Å². The topological polar surface area (TPSA) is 6.48 Å². The summed E-state index contributed by atoms with van der Waals surface area (Å²) in [6, 6.07) is 42.7. The van der Waals surface area contributed by atoms with E-state index in [1.54, 1.807) is 0 Å². The van der Waals surface area contributed by atoms with Crippen molar-refractivity contribution in [1.29, 1.82) is 0 Å². The van der Waals surface area contributed by atoms with E-state index in [9.17, 15) is 0 Å². The van der Waals surface area contributed by atoms with Crippen LogP contribution < -0.4 is 26.2 Å². The van der Waals surface area contributed by atoms with Gasteiger partial charge in [0.15, 0.2) is 0 Å². The molecule has 0 radical (unpaired) electrons. The van der Waals surface area contributed by atoms with Crippen LogP contribution in [-0.4, -0.2) is 6.71 Å². The summed E-state index contributed by atoms with van der Waals surface area (Å²) in [4.78, 5) is 5.03. The summed E-state index contributed by atoms with van der Waals surface area (Å²) in [5.74, 6) is 0.816. The number of hydrogen-bond acceptors (Lipinski definition) is 2. The quantitative estimate of drug-likeness (QED) is 0.224. The summed E-state index contributed by atoms with van der Waals surface area (Å²) < 4.78 is 0. The van der Waals surface area contributed by atoms with Crippen LogP contribution >= 0.6 is 0 Å². The van der Waals surface area contributed by atoms with Crippen molar-refractivity contribution in [2.45, 2.75) is 39.5 Å². The van der Waals surface area contributed by atoms with Gasteiger partial charge in [0.25, 0.3) is 6.71 Å². The molecule has 0 saturated heterocycles. The average molecular weight is 504 g/mol. The van der Waals surface area contributed by atoms with E-state index < -0.39 is 0 Å². The average Bonchev–Trinajstić information content (AvgIpc) is 2.97. The summed E-state index contributed by atoms with van der Waals surface area (Å²) in [5, 5.41) is 0. The highest BCUT2D eigenvalue weighted by atomic mass is 15.2. The van der Waals surface area contributed by atoms with Gasteiger partial charge in [-0.15, -0.1) is 0 Å². The molecule has 0 bridgehead atoms. The van der Waals surface area contributed by atoms with E-state index >= 15 is 0 Å². The molecule has 0 fully saturated rings. The number of fused-ring (bicyclic) bond motifs is 4. The second-order valence-electron chi connectivity index (χ2n) is 11.4. The van der Waals surface area contributed by atoms with Gasteiger partial charge in [0.2, 0.25) is 0 Å². The van der Waals surface area contributed by atoms with Crippen molar-refractivity contribution < 1.29 is 0 Å². The fourth-order valence-corrected chi connectivity index (χ4v) is 6.55. The van der Waals surface area contributed by atoms with E-state index in [4.69, 9.17) is 0 Å². The van der Waals surface area contributed by atoms with Gasteiger partial charge in [0.1, 0.15) is 0 Å². The van der Waals surface area contributed by atoms with E-state index in [1.165, 1.54) is 61.6 Å². The van der Waals surface area contributed by atoms with Crippen molar-refractivity contribution in [1.82, 2.24) is 0 Å². The molecule has 0 atom stereocenters. The summed E-state index contributed by atoms with van der Waals surface area (Å²) in [5.41, 5.74) is 14.4. The van der Waals surface area contributed by atoms with Gasteiger partial charge in [-0.2, -0.15) is 0 Å². The zero-order valence-electron chi connectivity index (χ0n) is 23.1. The van der Waals surface area contributed by atoms with Gasteiger partial charge >= 0.3 is 0 Å². The molecule has 0 aromatic heterocycles. The molecule has 2 heterocycles. The van der Waals surface area contributed by atoms with E-state index in [0.717, 1.165) is 0 Å². The van der Waals surface area contributed by atoms with Crippen LogP contribution in [0.4, 0.5) is 34.1 Å². The first kappa shape index (κ1) is 23.9. The first-order chi connectivity index (χ1) is 19.0. The van der Waals surface area contributed by atoms with Gasteiger partial charge in [0, 0.05) is 34.1 Å². The number of benzene rings is 5. The summed E-state index contributed by atoms with van der Waals surface area (Å²) in [7, 11) is 0. The molecule has 5 aromatic carbocycles. The Labute approximate surface area is 232 Å². The third-order valence-corrected chi connectivity index (χ3v) is 8.39. The lowest BCUT2D eigenvalue weighted by Gasteiger charge is -2.45. The smallest absolute Gasteiger partial charge is 0.252 e. The molecule has 0 saturated carbocycles. The molecule has 7 rings (SSSR count). The molecule has 0 N–H and O–H groups in total. The fourth-order valence-electron chi connectivity index (χ4n) is 6.55. The first-order valence-corrected chi connectivity index (χ1v) is 14.1. The van der Waals surface area contributed by atoms with Gasteiger partial charge < -0.3 is 9.80 Å². The Morgan fingerprint density at radius 2 is 1.00 bits per heavy atom. The predicted molar refractivity (Wildman–Crippen MR) is 169 cm³/mol. The van der Waals surface area contributed by atoms with Crippen molar-refractivity contribution in [2.24, 2.45) is 0 Å². The molecule has 2 nitrogen and oxygen atoms in total. The van der Waals surface area contributed by atoms with Crippen LogP contribution in [0.25, 0.3) is 0 Å². The second kappa shape index (κ2) is 9.20. The van der Waals surface area contributed by atoms with Crippen LogP contribution in [0.1, 0.15) is 50.7 Å². The molecule has 2 aliphatic rings. The Kier molecular flexibility index (Phi) is 5.63. The first-order valence-electron chi connectivity index (χ1n) is 14.1. The van der Waals surface area contributed by atoms with Gasteiger partial charge in [0.05, 0.1) is 0 Å². The molecule has 3 heteroatoms. The Morgan fingerprint density at radius 1 is 0.487 bits per heavy atom. The van der Waals surface area contributed by atoms with Crippen LogP contribution in [-0.2, 0) is 0 Å². The van der Waals surface area contributed by atoms with E-state index in [-0.39, 0.29) is 6.71 Å². The zero-order chi connectivity index (χ0) is 26.7. The minimum absolute atomic E-state index is 0.172. The predicted octanol–water partition coefficient (Wildman–Crippen LogP) is 8.02. The van der Waals surface area contributed by atoms with Crippen LogP contribution in [0, 0.1) is 0 Å². The number of rotatable bonds is 4. The minimum Gasteiger partial charge on any atom is -0.311 e. The van der Waals surface area contributed by atoms with Crippen molar-refractivity contribution >= 4 is 57.2 Å². The van der Waals surface area contributed by atoms with Crippen LogP contribution in [0.3, 0.4) is 0 Å². The Hall–Kier alpha value is -4.24. The molecule has 0 amide bonds. The van der Waals surface area contributed by atoms with Crippen molar-refractivity contribution in [3.05, 3.63) is 126 Å². The highest BCUT2D eigenvalue weighted by Crippen LogP contribution is 2.46. The number of nitrogens with zero attached hydrogens (tertiary/aromatic N) is 2. The number of hydrogen-bond donors (Lipinski definition) is 0. The van der Waals surface area contributed by atoms with Gasteiger partial charge in [-0.3, -0.25) is 0 Å². The fraction of sp³-hybridized carbons (Fsp3) is 0.167. The second-order valence-corrected chi connectivity index (χ2v) is 11.4. The maximum Gasteiger partial charge on any atom is 0.252 e. The maximum atomic E-state index is 2.54. The van der Waals surface area contributed by atoms with Crippen molar-refractivity contribution in [3.63, 3.8) is 0 Å². The highest BCUT2D eigenvalue weighted by Gasteiger charge is 2.43. The van der Waals surface area contributed by atoms with Crippen molar-refractivity contribution in [3.8, 4) is 0 Å². The van der Waals surface area contributed by atoms with Gasteiger partial charge in [-0.25, -0.2) is 0 Å². The summed E-state index contributed by atoms with van der Waals surface area (Å²) in [6.45, 7) is 9.37. The summed E-state index contributed by atoms with van der Waals surface area (Å²) >= 11 is 0. The molecule has 0 unspecified atom stereocenters. The highest BCUT2D eigenvalue weighted by molar-refractivity contribution is 7.00. The lowest BCUT2D eigenvalue weighted by molar-refractivity contribution is 0.861. The summed E-state index contributed by atoms with van der Waals surface area (Å²) in [6.07, 6.45) is 0. The molecular weight excluding hydrogens is 471 g/mol. The molecule has 0 aliphatic carbocycles.